The van der Waals surface area contributed by atoms with Gasteiger partial charge in [-0.15, -0.1) is 5.92 Å². The Labute approximate surface area is 62.6 Å². The summed E-state index contributed by atoms with van der Waals surface area (Å²) in [5, 5.41) is 0. The first-order valence-electron chi connectivity index (χ1n) is 3.67. The van der Waals surface area contributed by atoms with Crippen LogP contribution in [-0.4, -0.2) is 0 Å². The van der Waals surface area contributed by atoms with E-state index in [1.165, 1.54) is 18.4 Å². The van der Waals surface area contributed by atoms with Crippen LogP contribution in [0.4, 0.5) is 0 Å². The summed E-state index contributed by atoms with van der Waals surface area (Å²) in [6.07, 6.45) is 9.84. The highest BCUT2D eigenvalue weighted by atomic mass is 14.0. The summed E-state index contributed by atoms with van der Waals surface area (Å²) in [6.45, 7) is 1.89. The highest BCUT2D eigenvalue weighted by Crippen LogP contribution is 2.13. The van der Waals surface area contributed by atoms with Crippen LogP contribution in [-0.2, 0) is 0 Å². The Morgan fingerprint density at radius 3 is 3.10 bits per heavy atom. The van der Waals surface area contributed by atoms with Crippen LogP contribution in [0.5, 0.6) is 0 Å². The Morgan fingerprint density at radius 1 is 1.60 bits per heavy atom. The molecule has 0 aliphatic heterocycles. The Hall–Kier alpha value is -0.960. The van der Waals surface area contributed by atoms with E-state index in [4.69, 9.17) is 0 Å². The fourth-order valence-corrected chi connectivity index (χ4v) is 1.00. The third-order valence-electron chi connectivity index (χ3n) is 1.59. The molecule has 0 aromatic carbocycles. The van der Waals surface area contributed by atoms with Crippen LogP contribution in [0.1, 0.15) is 26.2 Å². The fraction of sp³-hybridized carbons (Fsp3) is 0.400. The zero-order chi connectivity index (χ0) is 7.23. The maximum atomic E-state index is 3.07. The molecule has 0 saturated heterocycles. The molecular formula is C10H12. The van der Waals surface area contributed by atoms with E-state index in [1.807, 2.05) is 6.92 Å². The molecule has 1 aliphatic carbocycles. The molecule has 1 rings (SSSR count). The van der Waals surface area contributed by atoms with E-state index < -0.39 is 0 Å². The van der Waals surface area contributed by atoms with Gasteiger partial charge in [-0.25, -0.2) is 0 Å². The third kappa shape index (κ3) is 2.11. The second-order valence-electron chi connectivity index (χ2n) is 2.40. The number of hydrogen-bond donors (Lipinski definition) is 0. The van der Waals surface area contributed by atoms with Gasteiger partial charge in [0.2, 0.25) is 0 Å². The van der Waals surface area contributed by atoms with Crippen LogP contribution in [0.15, 0.2) is 23.8 Å². The van der Waals surface area contributed by atoms with Crippen molar-refractivity contribution in [3.8, 4) is 11.8 Å². The van der Waals surface area contributed by atoms with Crippen molar-refractivity contribution in [2.75, 3.05) is 0 Å². The van der Waals surface area contributed by atoms with Crippen molar-refractivity contribution in [1.29, 1.82) is 0 Å². The molecule has 0 amide bonds. The van der Waals surface area contributed by atoms with Crippen molar-refractivity contribution in [3.05, 3.63) is 23.8 Å². The molecule has 0 bridgehead atoms. The largest absolute Gasteiger partial charge is 0.106 e. The molecule has 0 aromatic heterocycles. The van der Waals surface area contributed by atoms with Crippen LogP contribution in [0.25, 0.3) is 0 Å². The topological polar surface area (TPSA) is 0 Å². The molecule has 0 atom stereocenters. The van der Waals surface area contributed by atoms with Crippen LogP contribution in [0.3, 0.4) is 0 Å². The molecule has 0 N–H and O–H groups in total. The monoisotopic (exact) mass is 132 g/mol. The number of allylic oxidation sites excluding steroid dienone is 4. The Kier molecular flexibility index (Phi) is 2.83. The maximum absolute atomic E-state index is 3.07. The normalized spacial score (nSPS) is 15.5. The van der Waals surface area contributed by atoms with Crippen molar-refractivity contribution < 1.29 is 0 Å². The van der Waals surface area contributed by atoms with Crippen LogP contribution in [0.2, 0.25) is 0 Å². The van der Waals surface area contributed by atoms with E-state index in [0.29, 0.717) is 0 Å². The van der Waals surface area contributed by atoms with E-state index in [2.05, 4.69) is 30.1 Å². The van der Waals surface area contributed by atoms with Crippen LogP contribution in [0, 0.1) is 11.8 Å². The molecule has 0 fully saturated rings. The van der Waals surface area contributed by atoms with Crippen LogP contribution < -0.4 is 0 Å². The molecule has 1 aliphatic rings. The molecule has 0 saturated carbocycles. The van der Waals surface area contributed by atoms with Gasteiger partial charge in [-0.3, -0.25) is 0 Å². The Bertz CT molecular complexity index is 208. The standard InChI is InChI=1S/C10H12/c1-2-3-7-10-8-5-4-6-9-10/h4-5,8H,6-7,9H2,1H3. The van der Waals surface area contributed by atoms with Crippen molar-refractivity contribution in [2.45, 2.75) is 26.2 Å². The summed E-state index contributed by atoms with van der Waals surface area (Å²) >= 11 is 0. The molecule has 0 heteroatoms. The van der Waals surface area contributed by atoms with Gasteiger partial charge in [0.15, 0.2) is 0 Å². The minimum Gasteiger partial charge on any atom is -0.106 e. The maximum Gasteiger partial charge on any atom is 0.0302 e. The summed E-state index contributed by atoms with van der Waals surface area (Å²) in [5.41, 5.74) is 1.47. The van der Waals surface area contributed by atoms with Crippen molar-refractivity contribution in [3.63, 3.8) is 0 Å². The van der Waals surface area contributed by atoms with Gasteiger partial charge in [-0.1, -0.05) is 29.7 Å². The van der Waals surface area contributed by atoms with Gasteiger partial charge in [-0.2, -0.15) is 0 Å². The van der Waals surface area contributed by atoms with Gasteiger partial charge in [0.05, 0.1) is 0 Å². The molecule has 0 radical (unpaired) electrons. The highest BCUT2D eigenvalue weighted by molar-refractivity contribution is 5.21. The van der Waals surface area contributed by atoms with E-state index in [1.54, 1.807) is 0 Å². The summed E-state index contributed by atoms with van der Waals surface area (Å²) in [5.74, 6) is 5.97. The van der Waals surface area contributed by atoms with Gasteiger partial charge < -0.3 is 0 Å². The van der Waals surface area contributed by atoms with E-state index in [0.717, 1.165) is 6.42 Å². The van der Waals surface area contributed by atoms with E-state index >= 15 is 0 Å². The molecule has 52 valence electrons. The zero-order valence-electron chi connectivity index (χ0n) is 6.35. The number of rotatable bonds is 1. The average molecular weight is 132 g/mol. The number of hydrogen-bond acceptors (Lipinski definition) is 0. The third-order valence-corrected chi connectivity index (χ3v) is 1.59. The lowest BCUT2D eigenvalue weighted by Gasteiger charge is -2.03. The predicted octanol–water partition coefficient (Wildman–Crippen LogP) is 2.68. The molecule has 0 aromatic rings. The Balaban J connectivity index is 2.44. The van der Waals surface area contributed by atoms with Gasteiger partial charge in [0.1, 0.15) is 0 Å². The molecule has 0 unspecified atom stereocenters. The van der Waals surface area contributed by atoms with Gasteiger partial charge >= 0.3 is 0 Å². The zero-order valence-corrected chi connectivity index (χ0v) is 6.35. The lowest BCUT2D eigenvalue weighted by atomic mass is 10.0. The lowest BCUT2D eigenvalue weighted by Crippen LogP contribution is -1.84. The molecule has 0 nitrogen and oxygen atoms in total. The van der Waals surface area contributed by atoms with Crippen molar-refractivity contribution in [1.82, 2.24) is 0 Å². The summed E-state index contributed by atoms with van der Waals surface area (Å²) in [7, 11) is 0. The summed E-state index contributed by atoms with van der Waals surface area (Å²) < 4.78 is 0. The van der Waals surface area contributed by atoms with E-state index in [9.17, 15) is 0 Å². The molecule has 10 heavy (non-hydrogen) atoms. The summed E-state index contributed by atoms with van der Waals surface area (Å²) in [4.78, 5) is 0. The van der Waals surface area contributed by atoms with E-state index in [-0.39, 0.29) is 0 Å². The highest BCUT2D eigenvalue weighted by Gasteiger charge is 1.95. The van der Waals surface area contributed by atoms with Crippen molar-refractivity contribution in [2.24, 2.45) is 0 Å². The van der Waals surface area contributed by atoms with Crippen LogP contribution >= 0.6 is 0 Å². The molecule has 0 spiro atoms. The fourth-order valence-electron chi connectivity index (χ4n) is 1.00. The van der Waals surface area contributed by atoms with Gasteiger partial charge in [0.25, 0.3) is 0 Å². The first kappa shape index (κ1) is 7.15. The molecule has 0 heterocycles. The second kappa shape index (κ2) is 3.95. The first-order valence-corrected chi connectivity index (χ1v) is 3.67. The van der Waals surface area contributed by atoms with Gasteiger partial charge in [0, 0.05) is 6.42 Å². The minimum absolute atomic E-state index is 0.959. The lowest BCUT2D eigenvalue weighted by molar-refractivity contribution is 0.933. The first-order chi connectivity index (χ1) is 4.93. The summed E-state index contributed by atoms with van der Waals surface area (Å²) in [6, 6.07) is 0. The average Bonchev–Trinajstić information content (AvgIpc) is 2.03. The molecular weight excluding hydrogens is 120 g/mol. The van der Waals surface area contributed by atoms with Gasteiger partial charge in [-0.05, 0) is 19.8 Å². The smallest absolute Gasteiger partial charge is 0.0302 e. The quantitative estimate of drug-likeness (QED) is 0.481. The Morgan fingerprint density at radius 2 is 2.50 bits per heavy atom. The minimum atomic E-state index is 0.959. The second-order valence-corrected chi connectivity index (χ2v) is 2.40. The van der Waals surface area contributed by atoms with Crippen molar-refractivity contribution >= 4 is 0 Å². The predicted molar refractivity (Wildman–Crippen MR) is 44.5 cm³/mol. The SMILES string of the molecule is CC#CCC1=CC=CCC1.